The quantitative estimate of drug-likeness (QED) is 0.872. The summed E-state index contributed by atoms with van der Waals surface area (Å²) in [4.78, 5) is 0. The molecule has 1 aliphatic heterocycles. The SMILES string of the molecule is Cc1cc(N)n(Cc2ccc3c(c2)OCCO3)n1. The molecule has 0 spiro atoms. The van der Waals surface area contributed by atoms with Crippen molar-refractivity contribution in [3.8, 4) is 11.5 Å². The molecule has 0 bridgehead atoms. The van der Waals surface area contributed by atoms with Crippen LogP contribution in [0.2, 0.25) is 0 Å². The summed E-state index contributed by atoms with van der Waals surface area (Å²) in [6.07, 6.45) is 0. The molecule has 5 nitrogen and oxygen atoms in total. The van der Waals surface area contributed by atoms with E-state index in [-0.39, 0.29) is 0 Å². The first kappa shape index (κ1) is 11.0. The first-order chi connectivity index (χ1) is 8.72. The van der Waals surface area contributed by atoms with Crippen LogP contribution in [0, 0.1) is 6.92 Å². The molecule has 5 heteroatoms. The predicted octanol–water partition coefficient (Wildman–Crippen LogP) is 1.59. The number of benzene rings is 1. The molecule has 18 heavy (non-hydrogen) atoms. The summed E-state index contributed by atoms with van der Waals surface area (Å²) in [6.45, 7) is 3.77. The van der Waals surface area contributed by atoms with Crippen molar-refractivity contribution in [2.24, 2.45) is 0 Å². The monoisotopic (exact) mass is 245 g/mol. The average molecular weight is 245 g/mol. The number of nitrogens with two attached hydrogens (primary N) is 1. The van der Waals surface area contributed by atoms with E-state index in [9.17, 15) is 0 Å². The summed E-state index contributed by atoms with van der Waals surface area (Å²) in [6, 6.07) is 7.77. The summed E-state index contributed by atoms with van der Waals surface area (Å²) < 4.78 is 12.8. The Bertz CT molecular complexity index is 578. The second-order valence-electron chi connectivity index (χ2n) is 4.35. The van der Waals surface area contributed by atoms with Crippen molar-refractivity contribution in [2.75, 3.05) is 18.9 Å². The van der Waals surface area contributed by atoms with E-state index in [0.29, 0.717) is 25.6 Å². The van der Waals surface area contributed by atoms with Gasteiger partial charge in [-0.05, 0) is 24.6 Å². The summed E-state index contributed by atoms with van der Waals surface area (Å²) in [5.74, 6) is 2.26. The van der Waals surface area contributed by atoms with Crippen LogP contribution in [0.5, 0.6) is 11.5 Å². The largest absolute Gasteiger partial charge is 0.486 e. The lowest BCUT2D eigenvalue weighted by Crippen LogP contribution is -2.15. The van der Waals surface area contributed by atoms with Crippen molar-refractivity contribution in [2.45, 2.75) is 13.5 Å². The van der Waals surface area contributed by atoms with Gasteiger partial charge in [0, 0.05) is 6.07 Å². The van der Waals surface area contributed by atoms with E-state index in [2.05, 4.69) is 5.10 Å². The van der Waals surface area contributed by atoms with Gasteiger partial charge < -0.3 is 15.2 Å². The Labute approximate surface area is 105 Å². The fraction of sp³-hybridized carbons (Fsp3) is 0.308. The molecule has 0 unspecified atom stereocenters. The molecule has 2 N–H and O–H groups in total. The van der Waals surface area contributed by atoms with Gasteiger partial charge in [0.1, 0.15) is 19.0 Å². The predicted molar refractivity (Wildman–Crippen MR) is 67.9 cm³/mol. The zero-order chi connectivity index (χ0) is 12.5. The minimum absolute atomic E-state index is 0.597. The molecule has 0 aliphatic carbocycles. The van der Waals surface area contributed by atoms with Crippen LogP contribution < -0.4 is 15.2 Å². The number of hydrogen-bond acceptors (Lipinski definition) is 4. The van der Waals surface area contributed by atoms with Gasteiger partial charge in [-0.15, -0.1) is 0 Å². The number of aromatic nitrogens is 2. The molecular weight excluding hydrogens is 230 g/mol. The van der Waals surface area contributed by atoms with Gasteiger partial charge >= 0.3 is 0 Å². The molecule has 3 rings (SSSR count). The van der Waals surface area contributed by atoms with Crippen LogP contribution in [0.3, 0.4) is 0 Å². The van der Waals surface area contributed by atoms with Gasteiger partial charge in [-0.25, -0.2) is 4.68 Å². The highest BCUT2D eigenvalue weighted by Crippen LogP contribution is 2.31. The van der Waals surface area contributed by atoms with Crippen LogP contribution in [0.4, 0.5) is 5.82 Å². The second-order valence-corrected chi connectivity index (χ2v) is 4.35. The van der Waals surface area contributed by atoms with Gasteiger partial charge in [0.15, 0.2) is 11.5 Å². The Kier molecular flexibility index (Phi) is 2.59. The number of hydrogen-bond donors (Lipinski definition) is 1. The Hall–Kier alpha value is -2.17. The highest BCUT2D eigenvalue weighted by Gasteiger charge is 2.12. The van der Waals surface area contributed by atoms with E-state index in [1.807, 2.05) is 31.2 Å². The Morgan fingerprint density at radius 1 is 1.22 bits per heavy atom. The highest BCUT2D eigenvalue weighted by atomic mass is 16.6. The summed E-state index contributed by atoms with van der Waals surface area (Å²) in [7, 11) is 0. The van der Waals surface area contributed by atoms with Crippen molar-refractivity contribution in [1.29, 1.82) is 0 Å². The van der Waals surface area contributed by atoms with Crippen molar-refractivity contribution in [1.82, 2.24) is 9.78 Å². The zero-order valence-electron chi connectivity index (χ0n) is 10.2. The Morgan fingerprint density at radius 2 is 2.00 bits per heavy atom. The minimum atomic E-state index is 0.597. The number of anilines is 1. The minimum Gasteiger partial charge on any atom is -0.486 e. The van der Waals surface area contributed by atoms with Crippen molar-refractivity contribution in [3.63, 3.8) is 0 Å². The number of aryl methyl sites for hydroxylation is 1. The summed E-state index contributed by atoms with van der Waals surface area (Å²) >= 11 is 0. The highest BCUT2D eigenvalue weighted by molar-refractivity contribution is 5.44. The smallest absolute Gasteiger partial charge is 0.161 e. The Balaban J connectivity index is 1.87. The lowest BCUT2D eigenvalue weighted by atomic mass is 10.2. The molecule has 1 aromatic carbocycles. The van der Waals surface area contributed by atoms with E-state index < -0.39 is 0 Å². The standard InChI is InChI=1S/C13H15N3O2/c1-9-6-13(14)16(15-9)8-10-2-3-11-12(7-10)18-5-4-17-11/h2-3,6-7H,4-5,8,14H2,1H3. The van der Waals surface area contributed by atoms with Crippen molar-refractivity contribution >= 4 is 5.82 Å². The molecule has 0 saturated carbocycles. The van der Waals surface area contributed by atoms with Crippen LogP contribution >= 0.6 is 0 Å². The molecule has 1 aromatic heterocycles. The van der Waals surface area contributed by atoms with Crippen LogP contribution in [-0.4, -0.2) is 23.0 Å². The maximum atomic E-state index is 5.87. The van der Waals surface area contributed by atoms with Gasteiger partial charge in [-0.1, -0.05) is 6.07 Å². The molecule has 1 aliphatic rings. The normalized spacial score (nSPS) is 13.6. The first-order valence-corrected chi connectivity index (χ1v) is 5.91. The van der Waals surface area contributed by atoms with E-state index in [0.717, 1.165) is 22.8 Å². The molecule has 0 saturated heterocycles. The van der Waals surface area contributed by atoms with Crippen molar-refractivity contribution in [3.05, 3.63) is 35.5 Å². The summed E-state index contributed by atoms with van der Waals surface area (Å²) in [5.41, 5.74) is 7.88. The average Bonchev–Trinajstić information content (AvgIpc) is 2.68. The molecule has 0 amide bonds. The van der Waals surface area contributed by atoms with Crippen LogP contribution in [0.25, 0.3) is 0 Å². The van der Waals surface area contributed by atoms with Crippen LogP contribution in [0.15, 0.2) is 24.3 Å². The summed E-state index contributed by atoms with van der Waals surface area (Å²) in [5, 5.41) is 4.34. The maximum absolute atomic E-state index is 5.87. The van der Waals surface area contributed by atoms with E-state index in [1.54, 1.807) is 4.68 Å². The van der Waals surface area contributed by atoms with Gasteiger partial charge in [0.05, 0.1) is 12.2 Å². The number of nitrogens with zero attached hydrogens (tertiary/aromatic N) is 2. The molecule has 0 fully saturated rings. The van der Waals surface area contributed by atoms with E-state index in [1.165, 1.54) is 0 Å². The number of nitrogen functional groups attached to an aromatic ring is 1. The third kappa shape index (κ3) is 1.99. The van der Waals surface area contributed by atoms with Gasteiger partial charge in [0.25, 0.3) is 0 Å². The first-order valence-electron chi connectivity index (χ1n) is 5.91. The maximum Gasteiger partial charge on any atom is 0.161 e. The van der Waals surface area contributed by atoms with E-state index in [4.69, 9.17) is 15.2 Å². The molecule has 2 heterocycles. The molecule has 94 valence electrons. The van der Waals surface area contributed by atoms with Crippen molar-refractivity contribution < 1.29 is 9.47 Å². The van der Waals surface area contributed by atoms with Gasteiger partial charge in [0.2, 0.25) is 0 Å². The zero-order valence-corrected chi connectivity index (χ0v) is 10.2. The molecule has 0 radical (unpaired) electrons. The fourth-order valence-electron chi connectivity index (χ4n) is 2.05. The van der Waals surface area contributed by atoms with Crippen LogP contribution in [-0.2, 0) is 6.54 Å². The fourth-order valence-corrected chi connectivity index (χ4v) is 2.05. The van der Waals surface area contributed by atoms with Crippen LogP contribution in [0.1, 0.15) is 11.3 Å². The number of rotatable bonds is 2. The molecule has 0 atom stereocenters. The third-order valence-electron chi connectivity index (χ3n) is 2.87. The van der Waals surface area contributed by atoms with Gasteiger partial charge in [-0.2, -0.15) is 5.10 Å². The third-order valence-corrected chi connectivity index (χ3v) is 2.87. The molecular formula is C13H15N3O2. The molecule has 2 aromatic rings. The lowest BCUT2D eigenvalue weighted by Gasteiger charge is -2.19. The second kappa shape index (κ2) is 4.25. The number of fused-ring (bicyclic) bond motifs is 1. The van der Waals surface area contributed by atoms with E-state index >= 15 is 0 Å². The topological polar surface area (TPSA) is 62.3 Å². The van der Waals surface area contributed by atoms with Gasteiger partial charge in [-0.3, -0.25) is 0 Å². The number of ether oxygens (including phenoxy) is 2. The Morgan fingerprint density at radius 3 is 2.72 bits per heavy atom. The lowest BCUT2D eigenvalue weighted by molar-refractivity contribution is 0.171.